The Morgan fingerprint density at radius 2 is 1.97 bits per heavy atom. The first kappa shape index (κ1) is 16.9. The van der Waals surface area contributed by atoms with Crippen molar-refractivity contribution in [1.29, 1.82) is 0 Å². The molecule has 6 rings (SSSR count). The monoisotopic (exact) mass is 389 g/mol. The summed E-state index contributed by atoms with van der Waals surface area (Å²) in [5.41, 5.74) is 11.0. The summed E-state index contributed by atoms with van der Waals surface area (Å²) in [5.74, 6) is 0.0717. The molecule has 1 unspecified atom stereocenters. The van der Waals surface area contributed by atoms with Gasteiger partial charge in [-0.05, 0) is 54.5 Å². The molecule has 2 aromatic heterocycles. The Bertz CT molecular complexity index is 1380. The molecule has 0 bridgehead atoms. The molecule has 2 aliphatic rings. The highest BCUT2D eigenvalue weighted by Gasteiger charge is 2.29. The number of benzene rings is 2. The van der Waals surface area contributed by atoms with Crippen LogP contribution in [0.15, 0.2) is 39.5 Å². The van der Waals surface area contributed by atoms with Crippen LogP contribution in [0.5, 0.6) is 0 Å². The number of nitrogens with two attached hydrogens (primary N) is 1. The van der Waals surface area contributed by atoms with Crippen molar-refractivity contribution in [2.24, 2.45) is 5.73 Å². The van der Waals surface area contributed by atoms with Crippen LogP contribution in [-0.2, 0) is 12.8 Å². The molecule has 0 aliphatic heterocycles. The number of nitrogens with zero attached hydrogens (tertiary/aromatic N) is 2. The van der Waals surface area contributed by atoms with Crippen molar-refractivity contribution in [3.63, 3.8) is 0 Å². The first-order valence-electron chi connectivity index (χ1n) is 10.0. The van der Waals surface area contributed by atoms with Gasteiger partial charge in [0, 0.05) is 30.0 Å². The second-order valence-corrected chi connectivity index (χ2v) is 8.32. The molecule has 1 atom stereocenters. The second kappa shape index (κ2) is 5.76. The molecule has 146 valence electrons. The fourth-order valence-electron chi connectivity index (χ4n) is 4.66. The maximum absolute atomic E-state index is 15.2. The summed E-state index contributed by atoms with van der Waals surface area (Å²) in [6, 6.07) is 9.55. The number of hydrogen-bond acceptors (Lipinski definition) is 4. The number of hydrogen-bond donors (Lipinski definition) is 1. The third-order valence-corrected chi connectivity index (χ3v) is 6.14. The Balaban J connectivity index is 1.65. The number of fused-ring (bicyclic) bond motifs is 4. The predicted molar refractivity (Wildman–Crippen MR) is 110 cm³/mol. The van der Waals surface area contributed by atoms with E-state index in [1.807, 2.05) is 18.2 Å². The molecule has 2 N–H and O–H groups in total. The van der Waals surface area contributed by atoms with E-state index in [0.29, 0.717) is 27.9 Å². The van der Waals surface area contributed by atoms with Crippen molar-refractivity contribution in [2.75, 3.05) is 0 Å². The maximum Gasteiger partial charge on any atom is 0.281 e. The summed E-state index contributed by atoms with van der Waals surface area (Å²) >= 11 is 0. The van der Waals surface area contributed by atoms with Crippen molar-refractivity contribution in [3.05, 3.63) is 63.5 Å². The molecule has 4 aromatic rings. The van der Waals surface area contributed by atoms with Crippen molar-refractivity contribution in [1.82, 2.24) is 9.55 Å². The van der Waals surface area contributed by atoms with E-state index in [0.717, 1.165) is 31.2 Å². The van der Waals surface area contributed by atoms with Crippen LogP contribution in [0.25, 0.3) is 33.1 Å². The van der Waals surface area contributed by atoms with Crippen LogP contribution in [0.1, 0.15) is 35.9 Å². The lowest BCUT2D eigenvalue weighted by Crippen LogP contribution is -2.20. The molecular weight excluding hydrogens is 369 g/mol. The van der Waals surface area contributed by atoms with E-state index in [1.54, 1.807) is 17.6 Å². The molecule has 0 amide bonds. The molecule has 2 aromatic carbocycles. The van der Waals surface area contributed by atoms with Crippen LogP contribution in [0.2, 0.25) is 0 Å². The summed E-state index contributed by atoms with van der Waals surface area (Å²) in [4.78, 5) is 17.3. The first-order chi connectivity index (χ1) is 14.0. The SMILES string of the molecule is Cc1nc2c(=O)n(C3CC3)c3cc(-c4ccc5c(c4)CC(N)C5)c(F)cc3c2o1. The molecule has 29 heavy (non-hydrogen) atoms. The molecule has 2 heterocycles. The van der Waals surface area contributed by atoms with Crippen molar-refractivity contribution >= 4 is 22.0 Å². The first-order valence-corrected chi connectivity index (χ1v) is 10.0. The summed E-state index contributed by atoms with van der Waals surface area (Å²) in [5, 5.41) is 0.594. The number of pyridine rings is 1. The minimum atomic E-state index is -0.337. The fourth-order valence-corrected chi connectivity index (χ4v) is 4.66. The maximum atomic E-state index is 15.2. The molecule has 0 spiro atoms. The van der Waals surface area contributed by atoms with Gasteiger partial charge in [0.1, 0.15) is 5.82 Å². The smallest absolute Gasteiger partial charge is 0.281 e. The number of aryl methyl sites for hydroxylation is 1. The van der Waals surface area contributed by atoms with E-state index in [2.05, 4.69) is 4.98 Å². The zero-order chi connectivity index (χ0) is 19.9. The lowest BCUT2D eigenvalue weighted by Gasteiger charge is -2.13. The van der Waals surface area contributed by atoms with Crippen molar-refractivity contribution in [3.8, 4) is 11.1 Å². The van der Waals surface area contributed by atoms with E-state index < -0.39 is 0 Å². The Morgan fingerprint density at radius 1 is 1.17 bits per heavy atom. The van der Waals surface area contributed by atoms with E-state index in [9.17, 15) is 4.79 Å². The van der Waals surface area contributed by atoms with Crippen LogP contribution in [0.3, 0.4) is 0 Å². The summed E-state index contributed by atoms with van der Waals surface area (Å²) in [6.07, 6.45) is 3.56. The summed E-state index contributed by atoms with van der Waals surface area (Å²) in [7, 11) is 0. The lowest BCUT2D eigenvalue weighted by atomic mass is 9.98. The highest BCUT2D eigenvalue weighted by molar-refractivity contribution is 6.02. The average molecular weight is 389 g/mol. The molecule has 1 fully saturated rings. The Hall–Kier alpha value is -2.99. The zero-order valence-corrected chi connectivity index (χ0v) is 16.0. The number of aromatic nitrogens is 2. The number of oxazole rings is 1. The molecule has 2 aliphatic carbocycles. The molecule has 1 saturated carbocycles. The minimum absolute atomic E-state index is 0.129. The quantitative estimate of drug-likeness (QED) is 0.562. The standard InChI is InChI=1S/C23H20FN3O2/c1-11-26-21-22(29-11)18-9-19(24)17(10-20(18)27(23(21)28)16-4-5-16)13-3-2-12-7-15(25)8-14(12)6-13/h2-3,6,9-10,15-16H,4-5,7-8,25H2,1H3. The van der Waals surface area contributed by atoms with E-state index in [-0.39, 0.29) is 29.0 Å². The highest BCUT2D eigenvalue weighted by Crippen LogP contribution is 2.39. The van der Waals surface area contributed by atoms with Crippen molar-refractivity contribution < 1.29 is 8.81 Å². The van der Waals surface area contributed by atoms with Gasteiger partial charge in [-0.15, -0.1) is 0 Å². The molecular formula is C23H20FN3O2. The topological polar surface area (TPSA) is 74.0 Å². The van der Waals surface area contributed by atoms with Gasteiger partial charge in [0.05, 0.1) is 5.52 Å². The van der Waals surface area contributed by atoms with Gasteiger partial charge in [-0.2, -0.15) is 0 Å². The van der Waals surface area contributed by atoms with Crippen molar-refractivity contribution in [2.45, 2.75) is 44.7 Å². The Labute approximate surface area is 166 Å². The molecule has 6 heteroatoms. The predicted octanol–water partition coefficient (Wildman–Crippen LogP) is 4.02. The number of halogens is 1. The number of rotatable bonds is 2. The third kappa shape index (κ3) is 2.48. The Morgan fingerprint density at radius 3 is 2.76 bits per heavy atom. The molecule has 0 saturated heterocycles. The average Bonchev–Trinajstić information content (AvgIpc) is 3.32. The normalized spacial score (nSPS) is 18.7. The van der Waals surface area contributed by atoms with Crippen LogP contribution < -0.4 is 11.3 Å². The Kier molecular flexibility index (Phi) is 3.36. The summed E-state index contributed by atoms with van der Waals surface area (Å²) < 4.78 is 22.7. The molecule has 5 nitrogen and oxygen atoms in total. The fraction of sp³-hybridized carbons (Fsp3) is 0.304. The van der Waals surface area contributed by atoms with Crippen LogP contribution in [0, 0.1) is 12.7 Å². The highest BCUT2D eigenvalue weighted by atomic mass is 19.1. The van der Waals surface area contributed by atoms with E-state index >= 15 is 4.39 Å². The van der Waals surface area contributed by atoms with Gasteiger partial charge < -0.3 is 14.7 Å². The largest absolute Gasteiger partial charge is 0.440 e. The third-order valence-electron chi connectivity index (χ3n) is 6.14. The van der Waals surface area contributed by atoms with E-state index in [1.165, 1.54) is 17.2 Å². The lowest BCUT2D eigenvalue weighted by molar-refractivity contribution is 0.563. The zero-order valence-electron chi connectivity index (χ0n) is 16.0. The second-order valence-electron chi connectivity index (χ2n) is 8.32. The van der Waals surface area contributed by atoms with Gasteiger partial charge in [0.15, 0.2) is 17.0 Å². The van der Waals surface area contributed by atoms with Gasteiger partial charge in [-0.25, -0.2) is 9.37 Å². The van der Waals surface area contributed by atoms with Gasteiger partial charge in [0.2, 0.25) is 0 Å². The summed E-state index contributed by atoms with van der Waals surface area (Å²) in [6.45, 7) is 1.70. The van der Waals surface area contributed by atoms with Gasteiger partial charge in [0.25, 0.3) is 5.56 Å². The van der Waals surface area contributed by atoms with Gasteiger partial charge >= 0.3 is 0 Å². The molecule has 0 radical (unpaired) electrons. The van der Waals surface area contributed by atoms with Gasteiger partial charge in [-0.1, -0.05) is 18.2 Å². The van der Waals surface area contributed by atoms with Crippen LogP contribution in [-0.4, -0.2) is 15.6 Å². The minimum Gasteiger partial charge on any atom is -0.440 e. The van der Waals surface area contributed by atoms with E-state index in [4.69, 9.17) is 10.2 Å². The van der Waals surface area contributed by atoms with Crippen LogP contribution in [0.4, 0.5) is 4.39 Å². The van der Waals surface area contributed by atoms with Crippen LogP contribution >= 0.6 is 0 Å². The van der Waals surface area contributed by atoms with Gasteiger partial charge in [-0.3, -0.25) is 4.79 Å².